The van der Waals surface area contributed by atoms with Crippen molar-refractivity contribution in [2.24, 2.45) is 0 Å². The summed E-state index contributed by atoms with van der Waals surface area (Å²) in [5, 5.41) is 17.5. The first kappa shape index (κ1) is 39.3. The molecule has 0 aliphatic rings. The molecule has 0 nitrogen and oxygen atoms in total. The average molecular weight is 839 g/mol. The molecule has 0 aliphatic heterocycles. The van der Waals surface area contributed by atoms with Crippen LogP contribution in [0.5, 0.6) is 0 Å². The minimum Gasteiger partial charge on any atom is -0.0798 e. The summed E-state index contributed by atoms with van der Waals surface area (Å²) < 4.78 is 0. The highest BCUT2D eigenvalue weighted by Gasteiger charge is 2.19. The lowest BCUT2D eigenvalue weighted by Gasteiger charge is -2.19. The minimum absolute atomic E-state index is 1.16. The fourth-order valence-electron chi connectivity index (χ4n) is 10.5. The van der Waals surface area contributed by atoms with Crippen LogP contribution in [-0.4, -0.2) is 0 Å². The predicted octanol–water partition coefficient (Wildman–Crippen LogP) is 17.0. The van der Waals surface area contributed by atoms with Gasteiger partial charge in [0.05, 0.1) is 0 Å². The lowest BCUT2D eigenvalue weighted by Crippen LogP contribution is -2.23. The van der Waals surface area contributed by atoms with Gasteiger partial charge >= 0.3 is 0 Å². The lowest BCUT2D eigenvalue weighted by atomic mass is 9.84. The van der Waals surface area contributed by atoms with Gasteiger partial charge in [-0.2, -0.15) is 0 Å². The Kier molecular flexibility index (Phi) is 9.73. The van der Waals surface area contributed by atoms with Crippen molar-refractivity contribution in [2.45, 2.75) is 13.8 Å². The summed E-state index contributed by atoms with van der Waals surface area (Å²) in [6.45, 7) is 4.21. The van der Waals surface area contributed by atoms with Gasteiger partial charge in [0.1, 0.15) is 0 Å². The summed E-state index contributed by atoms with van der Waals surface area (Å²) in [6.07, 6.45) is 9.03. The van der Waals surface area contributed by atoms with Gasteiger partial charge in [0.15, 0.2) is 0 Å². The Labute approximate surface area is 385 Å². The van der Waals surface area contributed by atoms with Crippen LogP contribution in [0.1, 0.15) is 25.0 Å². The summed E-state index contributed by atoms with van der Waals surface area (Å²) in [7, 11) is 0. The fraction of sp³-hybridized carbons (Fsp3) is 0.0303. The molecule has 0 radical (unpaired) electrons. The van der Waals surface area contributed by atoms with Crippen molar-refractivity contribution < 1.29 is 0 Å². The van der Waals surface area contributed by atoms with Crippen molar-refractivity contribution in [3.8, 4) is 44.5 Å². The highest BCUT2D eigenvalue weighted by Crippen LogP contribution is 2.46. The van der Waals surface area contributed by atoms with Crippen LogP contribution >= 0.6 is 0 Å². The van der Waals surface area contributed by atoms with Crippen LogP contribution in [0.3, 0.4) is 0 Å². The zero-order chi connectivity index (χ0) is 44.1. The lowest BCUT2D eigenvalue weighted by molar-refractivity contribution is 1.48. The van der Waals surface area contributed by atoms with E-state index in [1.165, 1.54) is 125 Å². The first-order valence-electron chi connectivity index (χ1n) is 23.1. The highest BCUT2D eigenvalue weighted by atomic mass is 14.2. The Morgan fingerprint density at radius 3 is 1.24 bits per heavy atom. The average Bonchev–Trinajstić information content (AvgIpc) is 3.38. The number of fused-ring (bicyclic) bond motifs is 6. The minimum atomic E-state index is 1.16. The fourth-order valence-corrected chi connectivity index (χ4v) is 10.5. The first-order chi connectivity index (χ1) is 32.6. The smallest absolute Gasteiger partial charge is 0.00259 e. The van der Waals surface area contributed by atoms with E-state index in [4.69, 9.17) is 0 Å². The molecule has 12 aromatic carbocycles. The van der Waals surface area contributed by atoms with Gasteiger partial charge in [0.2, 0.25) is 0 Å². The van der Waals surface area contributed by atoms with Crippen LogP contribution in [0.2, 0.25) is 0 Å². The molecule has 0 saturated carbocycles. The van der Waals surface area contributed by atoms with Gasteiger partial charge in [-0.25, -0.2) is 0 Å². The molecular weight excluding hydrogens is 793 g/mol. The first-order valence-corrected chi connectivity index (χ1v) is 23.1. The molecule has 12 aromatic rings. The third-order valence-corrected chi connectivity index (χ3v) is 13.8. The molecule has 0 heteroatoms. The Morgan fingerprint density at radius 1 is 0.258 bits per heavy atom. The maximum absolute atomic E-state index is 2.42. The van der Waals surface area contributed by atoms with E-state index < -0.39 is 0 Å². The number of hydrogen-bond acceptors (Lipinski definition) is 0. The third kappa shape index (κ3) is 6.70. The van der Waals surface area contributed by atoms with Crippen molar-refractivity contribution in [2.75, 3.05) is 0 Å². The van der Waals surface area contributed by atoms with Crippen molar-refractivity contribution in [3.63, 3.8) is 0 Å². The third-order valence-electron chi connectivity index (χ3n) is 13.8. The van der Waals surface area contributed by atoms with E-state index >= 15 is 0 Å². The molecule has 0 atom stereocenters. The van der Waals surface area contributed by atoms with Gasteiger partial charge in [-0.3, -0.25) is 0 Å². The van der Waals surface area contributed by atoms with Crippen LogP contribution < -0.4 is 10.4 Å². The Balaban J connectivity index is 1.03. The van der Waals surface area contributed by atoms with E-state index in [1.54, 1.807) is 0 Å². The standard InChI is InChI=1S/C66H46/c1-3-44-27-34-52(40-45(44)4-2)48-28-32-49(33-29-48)64-58-21-11-9-19-55(58)57(56-20-10-12-22-59(56)64)37-25-43-26-38-62-63(39-43)66(54-36-31-47-16-6-8-18-51(47)42-54)61-24-14-13-23-60(61)65(62)53-35-30-46-15-5-7-17-50(46)41-53/h3-42H,1-2H3/b37-25+,44-3-,45-4-. The van der Waals surface area contributed by atoms with Gasteiger partial charge in [0.25, 0.3) is 0 Å². The van der Waals surface area contributed by atoms with Crippen LogP contribution in [0.25, 0.3) is 133 Å². The van der Waals surface area contributed by atoms with Crippen molar-refractivity contribution >= 4 is 88.9 Å². The summed E-state index contributed by atoms with van der Waals surface area (Å²) in [5.41, 5.74) is 12.3. The number of rotatable bonds is 6. The second-order valence-corrected chi connectivity index (χ2v) is 17.4. The monoisotopic (exact) mass is 838 g/mol. The molecule has 0 unspecified atom stereocenters. The maximum Gasteiger partial charge on any atom is -0.00259 e. The topological polar surface area (TPSA) is 0 Å². The molecule has 0 fully saturated rings. The van der Waals surface area contributed by atoms with Crippen molar-refractivity contribution in [1.82, 2.24) is 0 Å². The largest absolute Gasteiger partial charge is 0.0798 e. The number of hydrogen-bond donors (Lipinski definition) is 0. The molecule has 0 N–H and O–H groups in total. The van der Waals surface area contributed by atoms with Gasteiger partial charge in [-0.05, 0) is 169 Å². The zero-order valence-electron chi connectivity index (χ0n) is 37.1. The van der Waals surface area contributed by atoms with Crippen molar-refractivity contribution in [1.29, 1.82) is 0 Å². The summed E-state index contributed by atoms with van der Waals surface area (Å²) in [5.74, 6) is 0. The van der Waals surface area contributed by atoms with E-state index in [2.05, 4.69) is 257 Å². The SMILES string of the molecule is C/C=c1/ccc(-c2ccc(-c3c4ccccc4c(/C=C/c4ccc5c(-c6ccc7ccccc7c6)c6ccccc6c(-c6ccc7ccccc7c6)c5c4)c4ccccc34)cc2)c/c1=C/C. The van der Waals surface area contributed by atoms with E-state index in [0.717, 1.165) is 5.56 Å². The van der Waals surface area contributed by atoms with E-state index in [9.17, 15) is 0 Å². The second kappa shape index (κ2) is 16.3. The molecule has 0 amide bonds. The second-order valence-electron chi connectivity index (χ2n) is 17.4. The maximum atomic E-state index is 2.42. The summed E-state index contributed by atoms with van der Waals surface area (Å²) in [4.78, 5) is 0. The van der Waals surface area contributed by atoms with Gasteiger partial charge in [-0.1, -0.05) is 218 Å². The molecular formula is C66H46. The van der Waals surface area contributed by atoms with E-state index in [1.807, 2.05) is 0 Å². The van der Waals surface area contributed by atoms with Gasteiger partial charge in [-0.15, -0.1) is 0 Å². The quantitative estimate of drug-likeness (QED) is 0.116. The molecule has 0 aliphatic carbocycles. The Morgan fingerprint density at radius 2 is 0.682 bits per heavy atom. The Bertz CT molecular complexity index is 3990. The molecule has 0 bridgehead atoms. The van der Waals surface area contributed by atoms with Gasteiger partial charge < -0.3 is 0 Å². The Hall–Kier alpha value is -8.32. The zero-order valence-corrected chi connectivity index (χ0v) is 37.1. The van der Waals surface area contributed by atoms with Crippen LogP contribution in [0.4, 0.5) is 0 Å². The summed E-state index contributed by atoms with van der Waals surface area (Å²) in [6, 6.07) is 81.0. The molecule has 12 rings (SSSR count). The highest BCUT2D eigenvalue weighted by molar-refractivity contribution is 6.23. The molecule has 66 heavy (non-hydrogen) atoms. The van der Waals surface area contributed by atoms with Gasteiger partial charge in [0, 0.05) is 0 Å². The van der Waals surface area contributed by atoms with Crippen LogP contribution in [0, 0.1) is 0 Å². The molecule has 0 aromatic heterocycles. The normalized spacial score (nSPS) is 12.5. The van der Waals surface area contributed by atoms with E-state index in [0.29, 0.717) is 0 Å². The summed E-state index contributed by atoms with van der Waals surface area (Å²) >= 11 is 0. The number of benzene rings is 12. The molecule has 0 heterocycles. The van der Waals surface area contributed by atoms with E-state index in [-0.39, 0.29) is 0 Å². The molecule has 0 saturated heterocycles. The predicted molar refractivity (Wildman–Crippen MR) is 288 cm³/mol. The van der Waals surface area contributed by atoms with Crippen LogP contribution in [-0.2, 0) is 0 Å². The molecule has 0 spiro atoms. The molecule has 310 valence electrons. The van der Waals surface area contributed by atoms with Crippen molar-refractivity contribution in [3.05, 3.63) is 240 Å². The van der Waals surface area contributed by atoms with Crippen LogP contribution in [0.15, 0.2) is 218 Å².